The Morgan fingerprint density at radius 1 is 1.18 bits per heavy atom. The molecule has 8 nitrogen and oxygen atoms in total. The zero-order valence-electron chi connectivity index (χ0n) is 19.8. The number of methoxy groups -OCH3 is 2. The van der Waals surface area contributed by atoms with Gasteiger partial charge in [0.25, 0.3) is 5.92 Å². The first-order chi connectivity index (χ1) is 16.3. The van der Waals surface area contributed by atoms with E-state index < -0.39 is 12.5 Å². The predicted molar refractivity (Wildman–Crippen MR) is 126 cm³/mol. The molecule has 0 aliphatic carbocycles. The Kier molecular flexibility index (Phi) is 7.08. The lowest BCUT2D eigenvalue weighted by molar-refractivity contribution is -0.0698. The Labute approximate surface area is 197 Å². The van der Waals surface area contributed by atoms with E-state index in [1.807, 2.05) is 19.9 Å². The Morgan fingerprint density at radius 3 is 2.65 bits per heavy atom. The van der Waals surface area contributed by atoms with E-state index >= 15 is 0 Å². The molecule has 0 bridgehead atoms. The molecule has 1 atom stereocenters. The molecular formula is C24H29F2N5O3. The van der Waals surface area contributed by atoms with Crippen molar-refractivity contribution in [2.45, 2.75) is 25.8 Å². The SMILES string of the molecule is COCC(F)(F)c1cccc([C@@H](C)Nc2nnc(C)c3nc(OC)c(N4CCOCC4)cc23)c1. The molecule has 1 N–H and O–H groups in total. The average molecular weight is 474 g/mol. The molecule has 1 aromatic carbocycles. The van der Waals surface area contributed by atoms with Gasteiger partial charge < -0.3 is 24.4 Å². The number of pyridine rings is 1. The minimum atomic E-state index is -3.08. The molecule has 1 aliphatic rings. The van der Waals surface area contributed by atoms with Gasteiger partial charge in [-0.3, -0.25) is 0 Å². The second kappa shape index (κ2) is 10.0. The Hall–Kier alpha value is -3.11. The summed E-state index contributed by atoms with van der Waals surface area (Å²) < 4.78 is 44.5. The molecule has 0 amide bonds. The topological polar surface area (TPSA) is 81.6 Å². The van der Waals surface area contributed by atoms with Crippen molar-refractivity contribution in [2.24, 2.45) is 0 Å². The fourth-order valence-electron chi connectivity index (χ4n) is 4.04. The quantitative estimate of drug-likeness (QED) is 0.524. The van der Waals surface area contributed by atoms with Gasteiger partial charge >= 0.3 is 0 Å². The fraction of sp³-hybridized carbons (Fsp3) is 0.458. The average Bonchev–Trinajstić information content (AvgIpc) is 2.85. The van der Waals surface area contributed by atoms with Crippen LogP contribution in [0.5, 0.6) is 5.88 Å². The van der Waals surface area contributed by atoms with Crippen LogP contribution in [0.1, 0.15) is 29.8 Å². The number of fused-ring (bicyclic) bond motifs is 1. The van der Waals surface area contributed by atoms with Crippen LogP contribution in [0, 0.1) is 6.92 Å². The molecule has 4 rings (SSSR count). The minimum absolute atomic E-state index is 0.0960. The zero-order chi connectivity index (χ0) is 24.3. The highest BCUT2D eigenvalue weighted by atomic mass is 19.3. The number of ether oxygens (including phenoxy) is 3. The zero-order valence-corrected chi connectivity index (χ0v) is 19.8. The van der Waals surface area contributed by atoms with Crippen LogP contribution in [-0.4, -0.2) is 62.3 Å². The van der Waals surface area contributed by atoms with Gasteiger partial charge in [-0.2, -0.15) is 13.9 Å². The summed E-state index contributed by atoms with van der Waals surface area (Å²) in [7, 11) is 2.85. The number of aromatic nitrogens is 3. The number of nitrogens with one attached hydrogen (secondary N) is 1. The molecule has 34 heavy (non-hydrogen) atoms. The van der Waals surface area contributed by atoms with E-state index in [4.69, 9.17) is 14.5 Å². The first kappa shape index (κ1) is 24.0. The molecule has 1 fully saturated rings. The van der Waals surface area contributed by atoms with Crippen LogP contribution in [0.3, 0.4) is 0 Å². The maximum absolute atomic E-state index is 14.4. The lowest BCUT2D eigenvalue weighted by Crippen LogP contribution is -2.36. The van der Waals surface area contributed by atoms with Crippen molar-refractivity contribution in [3.8, 4) is 5.88 Å². The third kappa shape index (κ3) is 4.88. The summed E-state index contributed by atoms with van der Waals surface area (Å²) in [5.41, 5.74) is 2.78. The van der Waals surface area contributed by atoms with Gasteiger partial charge in [-0.25, -0.2) is 4.98 Å². The van der Waals surface area contributed by atoms with Crippen molar-refractivity contribution in [1.29, 1.82) is 0 Å². The summed E-state index contributed by atoms with van der Waals surface area (Å²) in [6, 6.07) is 7.99. The van der Waals surface area contributed by atoms with Gasteiger partial charge in [-0.05, 0) is 31.5 Å². The Balaban J connectivity index is 1.70. The van der Waals surface area contributed by atoms with Crippen LogP contribution in [0.25, 0.3) is 10.9 Å². The van der Waals surface area contributed by atoms with Gasteiger partial charge in [0.05, 0.1) is 32.1 Å². The number of alkyl halides is 2. The van der Waals surface area contributed by atoms with Crippen LogP contribution in [-0.2, 0) is 15.4 Å². The molecule has 3 aromatic rings. The molecule has 10 heteroatoms. The van der Waals surface area contributed by atoms with E-state index in [2.05, 4.69) is 25.2 Å². The van der Waals surface area contributed by atoms with Crippen molar-refractivity contribution < 1.29 is 23.0 Å². The smallest absolute Gasteiger partial charge is 0.296 e. The maximum atomic E-state index is 14.4. The van der Waals surface area contributed by atoms with Crippen molar-refractivity contribution in [3.05, 3.63) is 47.2 Å². The third-order valence-corrected chi connectivity index (χ3v) is 5.90. The molecule has 0 radical (unpaired) electrons. The second-order valence-corrected chi connectivity index (χ2v) is 8.28. The lowest BCUT2D eigenvalue weighted by Gasteiger charge is -2.30. The van der Waals surface area contributed by atoms with Crippen LogP contribution >= 0.6 is 0 Å². The molecule has 1 aliphatic heterocycles. The van der Waals surface area contributed by atoms with Crippen molar-refractivity contribution >= 4 is 22.4 Å². The number of rotatable bonds is 8. The van der Waals surface area contributed by atoms with Gasteiger partial charge in [0.2, 0.25) is 5.88 Å². The van der Waals surface area contributed by atoms with E-state index in [1.165, 1.54) is 19.2 Å². The molecule has 0 unspecified atom stereocenters. The minimum Gasteiger partial charge on any atom is -0.480 e. The Bertz CT molecular complexity index is 1150. The van der Waals surface area contributed by atoms with Gasteiger partial charge in [0.1, 0.15) is 17.8 Å². The molecule has 182 valence electrons. The molecule has 2 aromatic heterocycles. The number of hydrogen-bond acceptors (Lipinski definition) is 8. The van der Waals surface area contributed by atoms with E-state index in [9.17, 15) is 8.78 Å². The van der Waals surface area contributed by atoms with E-state index in [0.717, 1.165) is 24.2 Å². The highest BCUT2D eigenvalue weighted by molar-refractivity contribution is 5.93. The van der Waals surface area contributed by atoms with Crippen LogP contribution in [0.2, 0.25) is 0 Å². The first-order valence-electron chi connectivity index (χ1n) is 11.1. The molecular weight excluding hydrogens is 444 g/mol. The van der Waals surface area contributed by atoms with Crippen molar-refractivity contribution in [1.82, 2.24) is 15.2 Å². The normalized spacial score (nSPS) is 15.4. The number of halogens is 2. The highest BCUT2D eigenvalue weighted by Crippen LogP contribution is 2.35. The number of hydrogen-bond donors (Lipinski definition) is 1. The molecule has 3 heterocycles. The number of morpholine rings is 1. The van der Waals surface area contributed by atoms with Gasteiger partial charge in [0.15, 0.2) is 5.82 Å². The summed E-state index contributed by atoms with van der Waals surface area (Å²) in [6.45, 7) is 5.75. The fourth-order valence-corrected chi connectivity index (χ4v) is 4.04. The third-order valence-electron chi connectivity index (χ3n) is 5.90. The van der Waals surface area contributed by atoms with Gasteiger partial charge in [-0.1, -0.05) is 18.2 Å². The second-order valence-electron chi connectivity index (χ2n) is 8.28. The van der Waals surface area contributed by atoms with Crippen molar-refractivity contribution in [2.75, 3.05) is 57.3 Å². The summed E-state index contributed by atoms with van der Waals surface area (Å²) in [6.07, 6.45) is 0. The van der Waals surface area contributed by atoms with Crippen LogP contribution in [0.15, 0.2) is 30.3 Å². The van der Waals surface area contributed by atoms with Crippen LogP contribution in [0.4, 0.5) is 20.3 Å². The molecule has 0 saturated carbocycles. The maximum Gasteiger partial charge on any atom is 0.296 e. The number of nitrogens with zero attached hydrogens (tertiary/aromatic N) is 4. The summed E-state index contributed by atoms with van der Waals surface area (Å²) in [5.74, 6) is -2.04. The summed E-state index contributed by atoms with van der Waals surface area (Å²) in [5, 5.41) is 12.7. The Morgan fingerprint density at radius 2 is 1.94 bits per heavy atom. The number of benzene rings is 1. The van der Waals surface area contributed by atoms with Crippen LogP contribution < -0.4 is 15.0 Å². The largest absolute Gasteiger partial charge is 0.480 e. The number of anilines is 2. The number of aryl methyl sites for hydroxylation is 1. The van der Waals surface area contributed by atoms with Gasteiger partial charge in [-0.15, -0.1) is 5.10 Å². The van der Waals surface area contributed by atoms with E-state index in [-0.39, 0.29) is 11.6 Å². The summed E-state index contributed by atoms with van der Waals surface area (Å²) in [4.78, 5) is 6.88. The monoisotopic (exact) mass is 473 g/mol. The van der Waals surface area contributed by atoms with Gasteiger partial charge in [0, 0.05) is 31.1 Å². The van der Waals surface area contributed by atoms with Crippen molar-refractivity contribution in [3.63, 3.8) is 0 Å². The standard InChI is InChI=1S/C24H29F2N5O3/c1-15(17-6-5-7-18(12-17)24(25,26)14-32-3)27-22-19-13-20(31-8-10-34-11-9-31)23(33-4)28-21(19)16(2)29-30-22/h5-7,12-13,15H,8-11,14H2,1-4H3,(H,27,30)/t15-/m1/s1. The highest BCUT2D eigenvalue weighted by Gasteiger charge is 2.32. The molecule has 1 saturated heterocycles. The predicted octanol–water partition coefficient (Wildman–Crippen LogP) is 4.09. The molecule has 0 spiro atoms. The summed E-state index contributed by atoms with van der Waals surface area (Å²) >= 11 is 0. The first-order valence-corrected chi connectivity index (χ1v) is 11.1. The van der Waals surface area contributed by atoms with E-state index in [0.29, 0.717) is 41.7 Å². The lowest BCUT2D eigenvalue weighted by atomic mass is 10.0. The van der Waals surface area contributed by atoms with E-state index in [1.54, 1.807) is 19.2 Å².